The summed E-state index contributed by atoms with van der Waals surface area (Å²) in [6.07, 6.45) is 6.62. The summed E-state index contributed by atoms with van der Waals surface area (Å²) in [5.74, 6) is 0. The minimum atomic E-state index is 0.0770. The highest BCUT2D eigenvalue weighted by Gasteiger charge is 2.20. The minimum Gasteiger partial charge on any atom is -0.325 e. The molecule has 0 aliphatic heterocycles. The number of fused-ring (bicyclic) bond motifs is 1. The van der Waals surface area contributed by atoms with Crippen molar-refractivity contribution >= 4 is 10.9 Å². The van der Waals surface area contributed by atoms with Gasteiger partial charge in [0.1, 0.15) is 0 Å². The second-order valence-corrected chi connectivity index (χ2v) is 6.76. The fraction of sp³-hybridized carbons (Fsp3) is 0.579. The molecule has 0 atom stereocenters. The molecule has 2 rings (SSSR count). The summed E-state index contributed by atoms with van der Waals surface area (Å²) < 4.78 is 2.82. The van der Waals surface area contributed by atoms with Crippen LogP contribution in [0, 0.1) is 0 Å². The number of para-hydroxylation sites is 1. The molecule has 0 spiro atoms. The predicted octanol–water partition coefficient (Wildman–Crippen LogP) is 3.44. The average Bonchev–Trinajstić information content (AvgIpc) is 2.58. The minimum absolute atomic E-state index is 0.0770. The Balaban J connectivity index is 2.13. The lowest BCUT2D eigenvalue weighted by atomic mass is 10.2. The highest BCUT2D eigenvalue weighted by Crippen LogP contribution is 2.10. The summed E-state index contributed by atoms with van der Waals surface area (Å²) in [5.41, 5.74) is 0.858. The van der Waals surface area contributed by atoms with Gasteiger partial charge in [0.15, 0.2) is 0 Å². The van der Waals surface area contributed by atoms with Crippen LogP contribution >= 0.6 is 0 Å². The molecular weight excluding hydrogens is 286 g/mol. The zero-order chi connectivity index (χ0) is 16.7. The van der Waals surface area contributed by atoms with Crippen LogP contribution in [0.15, 0.2) is 35.4 Å². The van der Waals surface area contributed by atoms with Crippen LogP contribution in [0.1, 0.15) is 39.5 Å². The largest absolute Gasteiger partial charge is 0.325 e. The molecule has 0 saturated carbocycles. The monoisotopic (exact) mass is 316 g/mol. The van der Waals surface area contributed by atoms with Gasteiger partial charge >= 0.3 is 0 Å². The van der Waals surface area contributed by atoms with Crippen LogP contribution in [0.4, 0.5) is 0 Å². The summed E-state index contributed by atoms with van der Waals surface area (Å²) in [4.78, 5) is 17.0. The van der Waals surface area contributed by atoms with E-state index in [0.717, 1.165) is 23.1 Å². The van der Waals surface area contributed by atoms with Crippen molar-refractivity contribution in [3.8, 4) is 0 Å². The Bertz CT molecular complexity index is 670. The summed E-state index contributed by atoms with van der Waals surface area (Å²) in [5, 5.41) is 0.714. The quantitative estimate of drug-likeness (QED) is 0.664. The molecule has 4 heteroatoms. The fourth-order valence-electron chi connectivity index (χ4n) is 3.03. The lowest BCUT2D eigenvalue weighted by molar-refractivity contribution is -0.910. The first-order valence-corrected chi connectivity index (χ1v) is 8.87. The zero-order valence-electron chi connectivity index (χ0n) is 14.8. The van der Waals surface area contributed by atoms with E-state index < -0.39 is 0 Å². The molecule has 0 aliphatic carbocycles. The molecule has 23 heavy (non-hydrogen) atoms. The van der Waals surface area contributed by atoms with E-state index in [4.69, 9.17) is 0 Å². The van der Waals surface area contributed by atoms with Crippen molar-refractivity contribution in [1.29, 1.82) is 0 Å². The van der Waals surface area contributed by atoms with Crippen molar-refractivity contribution < 1.29 is 4.48 Å². The van der Waals surface area contributed by atoms with Gasteiger partial charge in [-0.15, -0.1) is 0 Å². The number of likely N-dealkylation sites (N-methyl/N-ethyl adjacent to an activating group) is 1. The zero-order valence-corrected chi connectivity index (χ0v) is 14.8. The van der Waals surface area contributed by atoms with Gasteiger partial charge in [0.05, 0.1) is 50.5 Å². The number of rotatable bonds is 9. The molecule has 0 aliphatic rings. The normalized spacial score (nSPS) is 12.0. The summed E-state index contributed by atoms with van der Waals surface area (Å²) in [6, 6.07) is 7.58. The maximum absolute atomic E-state index is 12.6. The molecule has 2 aromatic rings. The third-order valence-corrected chi connectivity index (χ3v) is 4.72. The van der Waals surface area contributed by atoms with Gasteiger partial charge in [-0.3, -0.25) is 9.36 Å². The van der Waals surface area contributed by atoms with Crippen LogP contribution in [0.2, 0.25) is 0 Å². The predicted molar refractivity (Wildman–Crippen MR) is 96.6 cm³/mol. The maximum Gasteiger partial charge on any atom is 0.261 e. The molecule has 0 N–H and O–H groups in total. The van der Waals surface area contributed by atoms with Crippen LogP contribution < -0.4 is 5.56 Å². The molecule has 0 radical (unpaired) electrons. The first kappa shape index (κ1) is 17.7. The molecule has 0 bridgehead atoms. The van der Waals surface area contributed by atoms with E-state index >= 15 is 0 Å². The number of hydrogen-bond donors (Lipinski definition) is 0. The lowest BCUT2D eigenvalue weighted by Crippen LogP contribution is -2.48. The van der Waals surface area contributed by atoms with Gasteiger partial charge in [0.25, 0.3) is 5.56 Å². The summed E-state index contributed by atoms with van der Waals surface area (Å²) in [7, 11) is 2.32. The van der Waals surface area contributed by atoms with Gasteiger partial charge < -0.3 is 4.48 Å². The molecule has 1 aromatic carbocycles. The number of quaternary nitrogens is 1. The Morgan fingerprint density at radius 2 is 1.70 bits per heavy atom. The van der Waals surface area contributed by atoms with Crippen LogP contribution in [0.3, 0.4) is 0 Å². The average molecular weight is 316 g/mol. The Labute approximate surface area is 139 Å². The van der Waals surface area contributed by atoms with Crippen molar-refractivity contribution in [2.24, 2.45) is 0 Å². The smallest absolute Gasteiger partial charge is 0.261 e. The Kier molecular flexibility index (Phi) is 6.34. The number of hydrogen-bond acceptors (Lipinski definition) is 2. The Hall–Kier alpha value is -1.68. The van der Waals surface area contributed by atoms with Gasteiger partial charge in [-0.25, -0.2) is 4.98 Å². The molecule has 0 amide bonds. The standard InChI is InChI=1S/C19H30N3O/c1-4-6-13-22(3,14-7-5-2)15-12-21-16-20-18-11-9-8-10-17(18)19(21)23/h8-11,16H,4-7,12-15H2,1-3H3/q+1. The molecule has 126 valence electrons. The molecule has 0 unspecified atom stereocenters. The number of benzene rings is 1. The van der Waals surface area contributed by atoms with E-state index in [2.05, 4.69) is 25.9 Å². The number of aromatic nitrogens is 2. The van der Waals surface area contributed by atoms with E-state index in [1.807, 2.05) is 24.3 Å². The highest BCUT2D eigenvalue weighted by molar-refractivity contribution is 5.76. The van der Waals surface area contributed by atoms with Gasteiger partial charge in [-0.2, -0.15) is 0 Å². The van der Waals surface area contributed by atoms with Gasteiger partial charge in [0, 0.05) is 0 Å². The summed E-state index contributed by atoms with van der Waals surface area (Å²) in [6.45, 7) is 8.57. The van der Waals surface area contributed by atoms with Crippen LogP contribution in [0.5, 0.6) is 0 Å². The van der Waals surface area contributed by atoms with Crippen LogP contribution in [-0.2, 0) is 6.54 Å². The molecule has 1 heterocycles. The molecule has 1 aromatic heterocycles. The van der Waals surface area contributed by atoms with E-state index in [1.54, 1.807) is 10.9 Å². The van der Waals surface area contributed by atoms with Gasteiger partial charge in [0.2, 0.25) is 0 Å². The van der Waals surface area contributed by atoms with Gasteiger partial charge in [-0.1, -0.05) is 38.8 Å². The number of unbranched alkanes of at least 4 members (excludes halogenated alkanes) is 2. The number of nitrogens with zero attached hydrogens (tertiary/aromatic N) is 3. The molecule has 4 nitrogen and oxygen atoms in total. The lowest BCUT2D eigenvalue weighted by Gasteiger charge is -2.35. The van der Waals surface area contributed by atoms with Crippen molar-refractivity contribution in [2.45, 2.75) is 46.1 Å². The SMILES string of the molecule is CCCC[N+](C)(CCCC)CCn1cnc2ccccc2c1=O. The van der Waals surface area contributed by atoms with E-state index in [9.17, 15) is 4.79 Å². The summed E-state index contributed by atoms with van der Waals surface area (Å²) >= 11 is 0. The topological polar surface area (TPSA) is 34.9 Å². The highest BCUT2D eigenvalue weighted by atomic mass is 16.1. The van der Waals surface area contributed by atoms with Crippen molar-refractivity contribution in [3.05, 3.63) is 40.9 Å². The van der Waals surface area contributed by atoms with E-state index in [-0.39, 0.29) is 5.56 Å². The van der Waals surface area contributed by atoms with Gasteiger partial charge in [-0.05, 0) is 25.0 Å². The fourth-order valence-corrected chi connectivity index (χ4v) is 3.03. The van der Waals surface area contributed by atoms with Crippen molar-refractivity contribution in [3.63, 3.8) is 0 Å². The Morgan fingerprint density at radius 3 is 2.35 bits per heavy atom. The van der Waals surface area contributed by atoms with Crippen LogP contribution in [0.25, 0.3) is 10.9 Å². The second-order valence-electron chi connectivity index (χ2n) is 6.76. The third-order valence-electron chi connectivity index (χ3n) is 4.72. The first-order chi connectivity index (χ1) is 11.1. The molecular formula is C19H30N3O+. The third kappa shape index (κ3) is 4.64. The Morgan fingerprint density at radius 1 is 1.04 bits per heavy atom. The maximum atomic E-state index is 12.6. The molecule has 0 fully saturated rings. The second kappa shape index (κ2) is 8.25. The molecule has 0 saturated heterocycles. The van der Waals surface area contributed by atoms with Crippen LogP contribution in [-0.4, -0.2) is 40.7 Å². The van der Waals surface area contributed by atoms with E-state index in [0.29, 0.717) is 5.39 Å². The first-order valence-electron chi connectivity index (χ1n) is 8.87. The van der Waals surface area contributed by atoms with Crippen molar-refractivity contribution in [2.75, 3.05) is 26.7 Å². The van der Waals surface area contributed by atoms with Crippen molar-refractivity contribution in [1.82, 2.24) is 9.55 Å². The van der Waals surface area contributed by atoms with E-state index in [1.165, 1.54) is 38.8 Å².